The molecule has 0 aromatic heterocycles. The van der Waals surface area contributed by atoms with Crippen LogP contribution >= 0.6 is 0 Å². The molecule has 0 unspecified atom stereocenters. The van der Waals surface area contributed by atoms with Crippen LogP contribution in [0.1, 0.15) is 23.7 Å². The molecule has 108 valence electrons. The molecule has 0 heterocycles. The Morgan fingerprint density at radius 1 is 1.15 bits per heavy atom. The van der Waals surface area contributed by atoms with Gasteiger partial charge in [-0.2, -0.15) is 0 Å². The Kier molecular flexibility index (Phi) is 4.16. The minimum absolute atomic E-state index is 0.279. The molecule has 0 radical (unpaired) electrons. The number of hydrogen-bond donors (Lipinski definition) is 2. The second-order valence-electron chi connectivity index (χ2n) is 4.05. The molecule has 0 spiro atoms. The van der Waals surface area contributed by atoms with E-state index in [9.17, 15) is 35.2 Å². The first-order valence-corrected chi connectivity index (χ1v) is 5.55. The van der Waals surface area contributed by atoms with E-state index in [1.54, 1.807) is 0 Å². The molecule has 9 heteroatoms. The summed E-state index contributed by atoms with van der Waals surface area (Å²) in [7, 11) is 0. The summed E-state index contributed by atoms with van der Waals surface area (Å²) in [6, 6.07) is 6.64. The van der Waals surface area contributed by atoms with Crippen LogP contribution in [0.4, 0.5) is 0 Å². The first kappa shape index (κ1) is 15.7. The average Bonchev–Trinajstić information content (AvgIpc) is 2.39. The van der Waals surface area contributed by atoms with Crippen molar-refractivity contribution < 1.29 is 24.9 Å². The van der Waals surface area contributed by atoms with Crippen LogP contribution in [0.2, 0.25) is 0 Å². The summed E-state index contributed by atoms with van der Waals surface area (Å²) in [5.74, 6) is -5.27. The fourth-order valence-electron chi connectivity index (χ4n) is 1.80. The lowest BCUT2D eigenvalue weighted by atomic mass is 9.89. The number of hydrogen-bond acceptors (Lipinski definition) is 7. The van der Waals surface area contributed by atoms with E-state index in [1.165, 1.54) is 30.3 Å². The van der Waals surface area contributed by atoms with Gasteiger partial charge in [-0.15, -0.1) is 0 Å². The number of nitro groups is 2. The number of ketones is 1. The van der Waals surface area contributed by atoms with E-state index in [2.05, 4.69) is 0 Å². The molecule has 0 bridgehead atoms. The molecule has 1 aromatic carbocycles. The highest BCUT2D eigenvalue weighted by atomic mass is 16.7. The third-order valence-corrected chi connectivity index (χ3v) is 3.01. The minimum Gasteiger partial charge on any atom is -0.348 e. The standard InChI is InChI=1S/C11H12N2O7/c1-2-10(12(17)18,13(19)20)11(15,16)9(14)8-6-4-3-5-7-8/h3-7,15-16H,2H2,1H3. The molecular formula is C11H12N2O7. The van der Waals surface area contributed by atoms with Crippen molar-refractivity contribution in [1.29, 1.82) is 0 Å². The first-order valence-electron chi connectivity index (χ1n) is 5.55. The van der Waals surface area contributed by atoms with Crippen LogP contribution in [0.5, 0.6) is 0 Å². The van der Waals surface area contributed by atoms with Gasteiger partial charge in [0.25, 0.3) is 0 Å². The predicted molar refractivity (Wildman–Crippen MR) is 65.0 cm³/mol. The molecular weight excluding hydrogens is 272 g/mol. The highest BCUT2D eigenvalue weighted by Crippen LogP contribution is 2.31. The van der Waals surface area contributed by atoms with Crippen LogP contribution in [0.15, 0.2) is 30.3 Å². The Labute approximate surface area is 112 Å². The number of Topliss-reactive ketones (excluding diaryl/α,β-unsaturated/α-hetero) is 1. The molecule has 0 amide bonds. The highest BCUT2D eigenvalue weighted by Gasteiger charge is 2.74. The topological polar surface area (TPSA) is 144 Å². The van der Waals surface area contributed by atoms with E-state index >= 15 is 0 Å². The number of carbonyl (C=O) groups is 1. The van der Waals surface area contributed by atoms with Crippen molar-refractivity contribution >= 4 is 5.78 Å². The lowest BCUT2D eigenvalue weighted by molar-refractivity contribution is -0.822. The Morgan fingerprint density at radius 2 is 1.60 bits per heavy atom. The molecule has 0 aliphatic heterocycles. The fourth-order valence-corrected chi connectivity index (χ4v) is 1.80. The van der Waals surface area contributed by atoms with E-state index in [0.29, 0.717) is 0 Å². The fraction of sp³-hybridized carbons (Fsp3) is 0.364. The first-order chi connectivity index (χ1) is 9.21. The van der Waals surface area contributed by atoms with E-state index < -0.39 is 33.5 Å². The predicted octanol–water partition coefficient (Wildman–Crippen LogP) is 0.210. The van der Waals surface area contributed by atoms with Crippen molar-refractivity contribution in [3.8, 4) is 0 Å². The molecule has 2 N–H and O–H groups in total. The van der Waals surface area contributed by atoms with Crippen molar-refractivity contribution in [2.75, 3.05) is 0 Å². The number of benzene rings is 1. The Morgan fingerprint density at radius 3 is 1.95 bits per heavy atom. The average molecular weight is 284 g/mol. The van der Waals surface area contributed by atoms with E-state index in [0.717, 1.165) is 6.92 Å². The van der Waals surface area contributed by atoms with Gasteiger partial charge in [0.05, 0.1) is 6.42 Å². The SMILES string of the molecule is CCC([N+](=O)[O-])([N+](=O)[O-])C(O)(O)C(=O)c1ccccc1. The lowest BCUT2D eigenvalue weighted by Gasteiger charge is -2.26. The minimum atomic E-state index is -3.77. The monoisotopic (exact) mass is 284 g/mol. The molecule has 0 aliphatic carbocycles. The number of aliphatic hydroxyl groups is 2. The van der Waals surface area contributed by atoms with Gasteiger partial charge in [0, 0.05) is 5.56 Å². The smallest absolute Gasteiger partial charge is 0.348 e. The summed E-state index contributed by atoms with van der Waals surface area (Å²) in [5, 5.41) is 41.6. The van der Waals surface area contributed by atoms with Crippen molar-refractivity contribution in [1.82, 2.24) is 0 Å². The highest BCUT2D eigenvalue weighted by molar-refractivity contribution is 6.01. The van der Waals surface area contributed by atoms with Gasteiger partial charge in [0.15, 0.2) is 0 Å². The van der Waals surface area contributed by atoms with E-state index in [-0.39, 0.29) is 5.56 Å². The van der Waals surface area contributed by atoms with Gasteiger partial charge in [0.2, 0.25) is 5.78 Å². The Hall–Kier alpha value is -2.39. The van der Waals surface area contributed by atoms with Crippen LogP contribution in [0, 0.1) is 20.2 Å². The molecule has 1 aromatic rings. The molecule has 0 aliphatic rings. The third-order valence-electron chi connectivity index (χ3n) is 3.01. The number of rotatable bonds is 6. The summed E-state index contributed by atoms with van der Waals surface area (Å²) >= 11 is 0. The molecule has 0 fully saturated rings. The van der Waals surface area contributed by atoms with E-state index in [1.807, 2.05) is 0 Å². The maximum absolute atomic E-state index is 12.0. The Bertz CT molecular complexity index is 527. The molecule has 9 nitrogen and oxygen atoms in total. The maximum atomic E-state index is 12.0. The van der Waals surface area contributed by atoms with Gasteiger partial charge in [-0.25, -0.2) is 0 Å². The largest absolute Gasteiger partial charge is 0.517 e. The zero-order valence-corrected chi connectivity index (χ0v) is 10.4. The second-order valence-corrected chi connectivity index (χ2v) is 4.05. The van der Waals surface area contributed by atoms with Gasteiger partial charge in [-0.1, -0.05) is 37.3 Å². The van der Waals surface area contributed by atoms with E-state index in [4.69, 9.17) is 0 Å². The van der Waals surface area contributed by atoms with Crippen LogP contribution in [-0.2, 0) is 0 Å². The third kappa shape index (κ3) is 2.12. The molecule has 20 heavy (non-hydrogen) atoms. The number of carbonyl (C=O) groups excluding carboxylic acids is 1. The number of nitrogens with zero attached hydrogens (tertiary/aromatic N) is 2. The van der Waals surface area contributed by atoms with Crippen LogP contribution in [0.25, 0.3) is 0 Å². The lowest BCUT2D eigenvalue weighted by Crippen LogP contribution is -2.67. The molecule has 0 saturated heterocycles. The van der Waals surface area contributed by atoms with Crippen molar-refractivity contribution in [3.63, 3.8) is 0 Å². The molecule has 0 atom stereocenters. The molecule has 0 saturated carbocycles. The van der Waals surface area contributed by atoms with Gasteiger partial charge in [0.1, 0.15) is 9.85 Å². The normalized spacial score (nSPS) is 11.9. The summed E-state index contributed by atoms with van der Waals surface area (Å²) in [4.78, 5) is 31.0. The van der Waals surface area contributed by atoms with Gasteiger partial charge in [-0.3, -0.25) is 25.0 Å². The molecule has 1 rings (SSSR count). The maximum Gasteiger partial charge on any atom is 0.517 e. The van der Waals surface area contributed by atoms with Gasteiger partial charge < -0.3 is 10.2 Å². The van der Waals surface area contributed by atoms with Gasteiger partial charge in [-0.05, 0) is 0 Å². The second kappa shape index (κ2) is 5.31. The van der Waals surface area contributed by atoms with Gasteiger partial charge >= 0.3 is 11.4 Å². The summed E-state index contributed by atoms with van der Waals surface area (Å²) in [6.07, 6.45) is -0.876. The van der Waals surface area contributed by atoms with Crippen LogP contribution < -0.4 is 0 Å². The summed E-state index contributed by atoms with van der Waals surface area (Å²) in [5.41, 5.74) is -3.71. The summed E-state index contributed by atoms with van der Waals surface area (Å²) < 4.78 is 0. The van der Waals surface area contributed by atoms with Crippen LogP contribution in [0.3, 0.4) is 0 Å². The zero-order chi connectivity index (χ0) is 15.6. The van der Waals surface area contributed by atoms with Crippen molar-refractivity contribution in [2.24, 2.45) is 0 Å². The van der Waals surface area contributed by atoms with Crippen LogP contribution in [-0.4, -0.2) is 37.3 Å². The quantitative estimate of drug-likeness (QED) is 0.329. The van der Waals surface area contributed by atoms with Crippen molar-refractivity contribution in [2.45, 2.75) is 24.8 Å². The zero-order valence-electron chi connectivity index (χ0n) is 10.4. The Balaban J connectivity index is 3.42. The van der Waals surface area contributed by atoms with Crippen molar-refractivity contribution in [3.05, 3.63) is 56.1 Å². The summed E-state index contributed by atoms with van der Waals surface area (Å²) in [6.45, 7) is 1.02.